The van der Waals surface area contributed by atoms with Crippen LogP contribution in [0.1, 0.15) is 55.0 Å². The maximum Gasteiger partial charge on any atom is 0.282 e. The molecule has 1 aliphatic rings. The summed E-state index contributed by atoms with van der Waals surface area (Å²) in [6, 6.07) is 12.6. The van der Waals surface area contributed by atoms with Crippen LogP contribution in [0.4, 0.5) is 0 Å². The van der Waals surface area contributed by atoms with E-state index >= 15 is 0 Å². The molecule has 0 radical (unpaired) electrons. The number of halogens is 5. The van der Waals surface area contributed by atoms with Gasteiger partial charge in [-0.15, -0.1) is 0 Å². The molecule has 0 atom stereocenters. The highest BCUT2D eigenvalue weighted by molar-refractivity contribution is 9.13. The van der Waals surface area contributed by atoms with Crippen molar-refractivity contribution in [2.24, 2.45) is 5.10 Å². The van der Waals surface area contributed by atoms with E-state index in [0.717, 1.165) is 35.7 Å². The molecule has 1 aromatic heterocycles. The number of ether oxygens (including phenoxy) is 2. The second-order valence-corrected chi connectivity index (χ2v) is 12.8. The van der Waals surface area contributed by atoms with Gasteiger partial charge in [0.1, 0.15) is 12.4 Å². The van der Waals surface area contributed by atoms with Gasteiger partial charge >= 0.3 is 0 Å². The van der Waals surface area contributed by atoms with Gasteiger partial charge in [-0.1, -0.05) is 64.5 Å². The summed E-state index contributed by atoms with van der Waals surface area (Å²) in [6.45, 7) is 0.212. The lowest BCUT2D eigenvalue weighted by molar-refractivity contribution is 0.282. The fourth-order valence-electron chi connectivity index (χ4n) is 4.80. The van der Waals surface area contributed by atoms with E-state index in [-0.39, 0.29) is 18.1 Å². The second-order valence-electron chi connectivity index (χ2n) is 9.48. The molecule has 0 aliphatic heterocycles. The number of aromatic nitrogens is 2. The third kappa shape index (κ3) is 6.28. The molecule has 0 bridgehead atoms. The third-order valence-corrected chi connectivity index (χ3v) is 10.1. The van der Waals surface area contributed by atoms with Crippen molar-refractivity contribution in [3.05, 3.63) is 93.2 Å². The summed E-state index contributed by atoms with van der Waals surface area (Å²) in [5, 5.41) is 6.25. The minimum absolute atomic E-state index is 0.173. The molecule has 208 valence electrons. The quantitative estimate of drug-likeness (QED) is 0.176. The van der Waals surface area contributed by atoms with Crippen LogP contribution < -0.4 is 15.0 Å². The van der Waals surface area contributed by atoms with Crippen LogP contribution >= 0.6 is 71.0 Å². The molecule has 1 fully saturated rings. The summed E-state index contributed by atoms with van der Waals surface area (Å²) >= 11 is 23.1. The van der Waals surface area contributed by atoms with Crippen molar-refractivity contribution < 1.29 is 9.47 Å². The average Bonchev–Trinajstić information content (AvgIpc) is 2.95. The van der Waals surface area contributed by atoms with Crippen LogP contribution in [-0.4, -0.2) is 23.0 Å². The van der Waals surface area contributed by atoms with Gasteiger partial charge < -0.3 is 9.47 Å². The van der Waals surface area contributed by atoms with Crippen molar-refractivity contribution >= 4 is 88.1 Å². The number of benzene rings is 3. The van der Waals surface area contributed by atoms with Gasteiger partial charge in [0.05, 0.1) is 28.7 Å². The minimum Gasteiger partial charge on any atom is -0.493 e. The fourth-order valence-corrected chi connectivity index (χ4v) is 6.56. The summed E-state index contributed by atoms with van der Waals surface area (Å²) in [7, 11) is 1.57. The predicted octanol–water partition coefficient (Wildman–Crippen LogP) is 9.51. The summed E-state index contributed by atoms with van der Waals surface area (Å²) in [5.41, 5.74) is 1.95. The Kier molecular flexibility index (Phi) is 9.57. The molecule has 0 spiro atoms. The largest absolute Gasteiger partial charge is 0.493 e. The van der Waals surface area contributed by atoms with Gasteiger partial charge in [-0.05, 0) is 81.1 Å². The Bertz CT molecular complexity index is 1670. The van der Waals surface area contributed by atoms with E-state index in [9.17, 15) is 4.79 Å². The number of hydrogen-bond donors (Lipinski definition) is 0. The van der Waals surface area contributed by atoms with Gasteiger partial charge in [0.2, 0.25) is 0 Å². The van der Waals surface area contributed by atoms with Crippen LogP contribution in [0.3, 0.4) is 0 Å². The SMILES string of the molecule is COc1cc(C=Nn2c(C3CCCCC3)nc3ccc(Br)cc3c2=O)c(Br)c(Br)c1OCc1ccc(Cl)cc1Cl. The molecule has 0 saturated heterocycles. The van der Waals surface area contributed by atoms with Crippen LogP contribution in [0, 0.1) is 0 Å². The molecule has 1 saturated carbocycles. The van der Waals surface area contributed by atoms with Crippen LogP contribution in [0.5, 0.6) is 11.5 Å². The molecular weight excluding hydrogens is 749 g/mol. The zero-order chi connectivity index (χ0) is 28.4. The van der Waals surface area contributed by atoms with E-state index in [4.69, 9.17) is 37.7 Å². The zero-order valence-corrected chi connectivity index (χ0v) is 27.7. The molecule has 0 unspecified atom stereocenters. The maximum absolute atomic E-state index is 13.7. The highest BCUT2D eigenvalue weighted by Crippen LogP contribution is 2.43. The lowest BCUT2D eigenvalue weighted by Gasteiger charge is -2.23. The van der Waals surface area contributed by atoms with Crippen LogP contribution in [-0.2, 0) is 6.61 Å². The van der Waals surface area contributed by atoms with Gasteiger partial charge in [-0.2, -0.15) is 9.78 Å². The van der Waals surface area contributed by atoms with Crippen LogP contribution in [0.25, 0.3) is 10.9 Å². The van der Waals surface area contributed by atoms with Gasteiger partial charge in [0.15, 0.2) is 11.5 Å². The van der Waals surface area contributed by atoms with Gasteiger partial charge in [-0.25, -0.2) is 4.98 Å². The Hall–Kier alpha value is -1.91. The van der Waals surface area contributed by atoms with Gasteiger partial charge in [-0.3, -0.25) is 4.79 Å². The van der Waals surface area contributed by atoms with Gasteiger partial charge in [0.25, 0.3) is 5.56 Å². The van der Waals surface area contributed by atoms with Crippen molar-refractivity contribution in [2.45, 2.75) is 44.6 Å². The van der Waals surface area contributed by atoms with E-state index in [0.29, 0.717) is 52.8 Å². The van der Waals surface area contributed by atoms with Crippen molar-refractivity contribution in [3.63, 3.8) is 0 Å². The Labute approximate surface area is 267 Å². The van der Waals surface area contributed by atoms with Crippen molar-refractivity contribution in [2.75, 3.05) is 7.11 Å². The van der Waals surface area contributed by atoms with E-state index in [1.165, 1.54) is 11.1 Å². The standard InChI is InChI=1S/C29H24Br3Cl2N3O3/c1-39-24-11-18(25(31)26(32)27(24)40-15-17-7-9-20(33)13-22(17)34)14-35-37-28(16-5-3-2-4-6-16)36-23-10-8-19(30)12-21(23)29(37)38/h7-14,16H,2-6,15H2,1H3. The predicted molar refractivity (Wildman–Crippen MR) is 172 cm³/mol. The highest BCUT2D eigenvalue weighted by Gasteiger charge is 2.23. The van der Waals surface area contributed by atoms with Crippen molar-refractivity contribution in [1.82, 2.24) is 9.66 Å². The molecule has 0 amide bonds. The monoisotopic (exact) mass is 769 g/mol. The molecule has 1 aliphatic carbocycles. The molecule has 6 nitrogen and oxygen atoms in total. The first-order valence-electron chi connectivity index (χ1n) is 12.7. The Morgan fingerprint density at radius 3 is 2.55 bits per heavy atom. The topological polar surface area (TPSA) is 65.7 Å². The van der Waals surface area contributed by atoms with Gasteiger partial charge in [0, 0.05) is 36.0 Å². The molecule has 5 rings (SSSR count). The number of methoxy groups -OCH3 is 1. The van der Waals surface area contributed by atoms with Crippen LogP contribution in [0.2, 0.25) is 10.0 Å². The maximum atomic E-state index is 13.7. The lowest BCUT2D eigenvalue weighted by atomic mass is 9.88. The lowest BCUT2D eigenvalue weighted by Crippen LogP contribution is -2.25. The Balaban J connectivity index is 1.53. The molecule has 11 heteroatoms. The highest BCUT2D eigenvalue weighted by atomic mass is 79.9. The zero-order valence-electron chi connectivity index (χ0n) is 21.4. The van der Waals surface area contributed by atoms with Crippen molar-refractivity contribution in [1.29, 1.82) is 0 Å². The minimum atomic E-state index is -0.204. The molecule has 40 heavy (non-hydrogen) atoms. The number of hydrogen-bond acceptors (Lipinski definition) is 5. The molecule has 4 aromatic rings. The normalized spacial score (nSPS) is 14.2. The molecule has 0 N–H and O–H groups in total. The number of nitrogens with zero attached hydrogens (tertiary/aromatic N) is 3. The first kappa shape index (κ1) is 29.6. The average molecular weight is 773 g/mol. The fraction of sp³-hybridized carbons (Fsp3) is 0.276. The van der Waals surface area contributed by atoms with E-state index in [2.05, 4.69) is 52.9 Å². The van der Waals surface area contributed by atoms with Crippen molar-refractivity contribution in [3.8, 4) is 11.5 Å². The van der Waals surface area contributed by atoms with E-state index in [1.807, 2.05) is 18.2 Å². The van der Waals surface area contributed by atoms with Crippen LogP contribution in [0.15, 0.2) is 65.8 Å². The Morgan fingerprint density at radius 2 is 1.82 bits per heavy atom. The molecule has 1 heterocycles. The van der Waals surface area contributed by atoms with E-state index in [1.54, 1.807) is 37.6 Å². The van der Waals surface area contributed by atoms with E-state index < -0.39 is 0 Å². The summed E-state index contributed by atoms with van der Waals surface area (Å²) in [6.07, 6.45) is 7.02. The summed E-state index contributed by atoms with van der Waals surface area (Å²) < 4.78 is 15.3. The molecular formula is C29H24Br3Cl2N3O3. The second kappa shape index (κ2) is 12.9. The molecule has 3 aromatic carbocycles. The Morgan fingerprint density at radius 1 is 1.05 bits per heavy atom. The number of rotatable bonds is 7. The third-order valence-electron chi connectivity index (χ3n) is 6.88. The smallest absolute Gasteiger partial charge is 0.282 e. The first-order valence-corrected chi connectivity index (χ1v) is 15.8. The summed E-state index contributed by atoms with van der Waals surface area (Å²) in [4.78, 5) is 18.6. The number of fused-ring (bicyclic) bond motifs is 1. The first-order chi connectivity index (χ1) is 19.3. The summed E-state index contributed by atoms with van der Waals surface area (Å²) in [5.74, 6) is 1.85.